The van der Waals surface area contributed by atoms with Gasteiger partial charge in [0, 0.05) is 6.54 Å². The fourth-order valence-electron chi connectivity index (χ4n) is 1.73. The van der Waals surface area contributed by atoms with Gasteiger partial charge in [0.15, 0.2) is 0 Å². The van der Waals surface area contributed by atoms with Crippen molar-refractivity contribution in [2.75, 3.05) is 18.4 Å². The minimum Gasteiger partial charge on any atom is -0.316 e. The monoisotopic (exact) mass is 276 g/mol. The van der Waals surface area contributed by atoms with E-state index in [9.17, 15) is 4.79 Å². The van der Waals surface area contributed by atoms with Crippen LogP contribution in [0.15, 0.2) is 0 Å². The van der Waals surface area contributed by atoms with Crippen molar-refractivity contribution in [3.8, 4) is 0 Å². The van der Waals surface area contributed by atoms with Gasteiger partial charge in [-0.2, -0.15) is 0 Å². The van der Waals surface area contributed by atoms with E-state index in [0.29, 0.717) is 5.13 Å². The summed E-state index contributed by atoms with van der Waals surface area (Å²) in [5.41, 5.74) is 0. The topological polar surface area (TPSA) is 66.9 Å². The van der Waals surface area contributed by atoms with Crippen molar-refractivity contribution in [1.82, 2.24) is 15.5 Å². The Balaban J connectivity index is 0.00000144. The van der Waals surface area contributed by atoms with E-state index in [0.717, 1.165) is 37.4 Å². The number of hydrogen-bond donors (Lipinski definition) is 2. The van der Waals surface area contributed by atoms with Crippen LogP contribution in [0.5, 0.6) is 0 Å². The van der Waals surface area contributed by atoms with Crippen LogP contribution in [0.1, 0.15) is 24.8 Å². The number of nitrogens with one attached hydrogen (secondary N) is 2. The second kappa shape index (κ2) is 6.88. The predicted molar refractivity (Wildman–Crippen MR) is 70.8 cm³/mol. The molecular formula is C10H17ClN4OS. The molecule has 96 valence electrons. The lowest BCUT2D eigenvalue weighted by Crippen LogP contribution is -2.37. The van der Waals surface area contributed by atoms with Gasteiger partial charge in [-0.25, -0.2) is 0 Å². The highest BCUT2D eigenvalue weighted by molar-refractivity contribution is 7.15. The Labute approximate surface area is 111 Å². The Hall–Kier alpha value is -0.720. The zero-order valence-electron chi connectivity index (χ0n) is 9.73. The van der Waals surface area contributed by atoms with Gasteiger partial charge >= 0.3 is 0 Å². The predicted octanol–water partition coefficient (Wildman–Crippen LogP) is 1.46. The molecule has 17 heavy (non-hydrogen) atoms. The van der Waals surface area contributed by atoms with E-state index in [1.165, 1.54) is 11.3 Å². The minimum atomic E-state index is 0. The molecule has 1 aromatic rings. The van der Waals surface area contributed by atoms with E-state index < -0.39 is 0 Å². The molecule has 1 unspecified atom stereocenters. The summed E-state index contributed by atoms with van der Waals surface area (Å²) in [7, 11) is 0. The molecule has 2 N–H and O–H groups in total. The summed E-state index contributed by atoms with van der Waals surface area (Å²) in [5.74, 6) is 0.133. The van der Waals surface area contributed by atoms with Crippen LogP contribution in [0.4, 0.5) is 5.13 Å². The fraction of sp³-hybridized carbons (Fsp3) is 0.700. The molecule has 2 rings (SSSR count). The Kier molecular flexibility index (Phi) is 5.80. The summed E-state index contributed by atoms with van der Waals surface area (Å²) >= 11 is 1.45. The van der Waals surface area contributed by atoms with Crippen LogP contribution in [0.25, 0.3) is 0 Å². The first kappa shape index (κ1) is 14.3. The van der Waals surface area contributed by atoms with E-state index in [4.69, 9.17) is 0 Å². The number of aryl methyl sites for hydroxylation is 1. The fourth-order valence-corrected chi connectivity index (χ4v) is 2.41. The maximum absolute atomic E-state index is 11.9. The van der Waals surface area contributed by atoms with Crippen molar-refractivity contribution in [2.24, 2.45) is 5.92 Å². The van der Waals surface area contributed by atoms with Crippen LogP contribution in [0, 0.1) is 5.92 Å². The SMILES string of the molecule is CCc1nnc(NC(=O)C2CCCNC2)s1.Cl. The van der Waals surface area contributed by atoms with Crippen LogP contribution in [0.2, 0.25) is 0 Å². The second-order valence-corrected chi connectivity index (χ2v) is 4.95. The highest BCUT2D eigenvalue weighted by Crippen LogP contribution is 2.18. The normalized spacial score (nSPS) is 19.5. The lowest BCUT2D eigenvalue weighted by atomic mass is 9.99. The molecule has 1 amide bonds. The van der Waals surface area contributed by atoms with Gasteiger partial charge in [-0.05, 0) is 25.8 Å². The van der Waals surface area contributed by atoms with Crippen LogP contribution < -0.4 is 10.6 Å². The van der Waals surface area contributed by atoms with E-state index in [1.807, 2.05) is 6.92 Å². The maximum atomic E-state index is 11.9. The van der Waals surface area contributed by atoms with Crippen LogP contribution in [-0.2, 0) is 11.2 Å². The highest BCUT2D eigenvalue weighted by atomic mass is 35.5. The molecule has 1 aliphatic rings. The summed E-state index contributed by atoms with van der Waals surface area (Å²) in [6.07, 6.45) is 2.88. The third kappa shape index (κ3) is 3.90. The molecule has 1 aliphatic heterocycles. The molecule has 0 bridgehead atoms. The van der Waals surface area contributed by atoms with Crippen molar-refractivity contribution < 1.29 is 4.79 Å². The first-order valence-corrected chi connectivity index (χ1v) is 6.45. The molecule has 0 aliphatic carbocycles. The minimum absolute atomic E-state index is 0. The first-order chi connectivity index (χ1) is 7.79. The molecule has 7 heteroatoms. The number of halogens is 1. The number of anilines is 1. The van der Waals surface area contributed by atoms with Gasteiger partial charge in [0.2, 0.25) is 11.0 Å². The smallest absolute Gasteiger partial charge is 0.230 e. The molecule has 0 spiro atoms. The highest BCUT2D eigenvalue weighted by Gasteiger charge is 2.21. The molecular weight excluding hydrogens is 260 g/mol. The molecule has 1 fully saturated rings. The van der Waals surface area contributed by atoms with Crippen molar-refractivity contribution in [2.45, 2.75) is 26.2 Å². The van der Waals surface area contributed by atoms with Crippen molar-refractivity contribution >= 4 is 34.8 Å². The van der Waals surface area contributed by atoms with Crippen molar-refractivity contribution in [3.63, 3.8) is 0 Å². The Bertz CT molecular complexity index is 365. The summed E-state index contributed by atoms with van der Waals surface area (Å²) < 4.78 is 0. The quantitative estimate of drug-likeness (QED) is 0.877. The zero-order chi connectivity index (χ0) is 11.4. The number of carbonyl (C=O) groups is 1. The van der Waals surface area contributed by atoms with E-state index in [-0.39, 0.29) is 24.2 Å². The van der Waals surface area contributed by atoms with E-state index >= 15 is 0 Å². The summed E-state index contributed by atoms with van der Waals surface area (Å²) in [5, 5.41) is 15.5. The number of rotatable bonds is 3. The van der Waals surface area contributed by atoms with Crippen LogP contribution in [0.3, 0.4) is 0 Å². The molecule has 0 saturated carbocycles. The van der Waals surface area contributed by atoms with E-state index in [2.05, 4.69) is 20.8 Å². The van der Waals surface area contributed by atoms with Gasteiger partial charge in [0.1, 0.15) is 5.01 Å². The zero-order valence-corrected chi connectivity index (χ0v) is 11.4. The standard InChI is InChI=1S/C10H16N4OS.ClH/c1-2-8-13-14-10(16-8)12-9(15)7-4-3-5-11-6-7;/h7,11H,2-6H2,1H3,(H,12,14,15);1H. The molecule has 0 aromatic carbocycles. The first-order valence-electron chi connectivity index (χ1n) is 5.63. The Morgan fingerprint density at radius 3 is 3.00 bits per heavy atom. The summed E-state index contributed by atoms with van der Waals surface area (Å²) in [6.45, 7) is 3.81. The number of piperidine rings is 1. The molecule has 2 heterocycles. The molecule has 0 radical (unpaired) electrons. The average Bonchev–Trinajstić information content (AvgIpc) is 2.78. The largest absolute Gasteiger partial charge is 0.316 e. The van der Waals surface area contributed by atoms with Crippen molar-refractivity contribution in [3.05, 3.63) is 5.01 Å². The number of amides is 1. The van der Waals surface area contributed by atoms with Gasteiger partial charge < -0.3 is 10.6 Å². The third-order valence-electron chi connectivity index (χ3n) is 2.67. The van der Waals surface area contributed by atoms with Gasteiger partial charge in [0.25, 0.3) is 0 Å². The maximum Gasteiger partial charge on any atom is 0.230 e. The van der Waals surface area contributed by atoms with Crippen LogP contribution >= 0.6 is 23.7 Å². The molecule has 1 aromatic heterocycles. The number of nitrogens with zero attached hydrogens (tertiary/aromatic N) is 2. The van der Waals surface area contributed by atoms with E-state index in [1.54, 1.807) is 0 Å². The third-order valence-corrected chi connectivity index (χ3v) is 3.65. The Morgan fingerprint density at radius 2 is 2.41 bits per heavy atom. The van der Waals surface area contributed by atoms with Gasteiger partial charge in [-0.1, -0.05) is 18.3 Å². The lowest BCUT2D eigenvalue weighted by Gasteiger charge is -2.20. The Morgan fingerprint density at radius 1 is 1.59 bits per heavy atom. The second-order valence-electron chi connectivity index (χ2n) is 3.89. The summed E-state index contributed by atoms with van der Waals surface area (Å²) in [4.78, 5) is 11.9. The number of carbonyl (C=O) groups excluding carboxylic acids is 1. The summed E-state index contributed by atoms with van der Waals surface area (Å²) in [6, 6.07) is 0. The van der Waals surface area contributed by atoms with Crippen molar-refractivity contribution in [1.29, 1.82) is 0 Å². The van der Waals surface area contributed by atoms with Gasteiger partial charge in [0.05, 0.1) is 5.92 Å². The number of hydrogen-bond acceptors (Lipinski definition) is 5. The molecule has 1 atom stereocenters. The lowest BCUT2D eigenvalue weighted by molar-refractivity contribution is -0.120. The molecule has 5 nitrogen and oxygen atoms in total. The number of aromatic nitrogens is 2. The van der Waals surface area contributed by atoms with Gasteiger partial charge in [-0.15, -0.1) is 22.6 Å². The molecule has 1 saturated heterocycles. The van der Waals surface area contributed by atoms with Crippen LogP contribution in [-0.4, -0.2) is 29.2 Å². The average molecular weight is 277 g/mol. The van der Waals surface area contributed by atoms with Gasteiger partial charge in [-0.3, -0.25) is 4.79 Å².